The fourth-order valence-corrected chi connectivity index (χ4v) is 1.85. The fourth-order valence-electron chi connectivity index (χ4n) is 1.85. The molecule has 0 radical (unpaired) electrons. The molecule has 6 heteroatoms. The van der Waals surface area contributed by atoms with Gasteiger partial charge in [0.15, 0.2) is 5.60 Å². The number of halogens is 3. The Morgan fingerprint density at radius 3 is 2.33 bits per heavy atom. The molecule has 1 aromatic rings. The maximum absolute atomic E-state index is 13.0. The Hall–Kier alpha value is -1.56. The highest BCUT2D eigenvalue weighted by Crippen LogP contribution is 2.43. The second-order valence-corrected chi connectivity index (χ2v) is 4.02. The number of aliphatic hydroxyl groups is 1. The number of benzene rings is 1. The summed E-state index contributed by atoms with van der Waals surface area (Å²) in [5.74, 6) is -0.996. The van der Waals surface area contributed by atoms with E-state index in [0.29, 0.717) is 0 Å². The number of carbonyl (C=O) groups excluding carboxylic acids is 1. The highest BCUT2D eigenvalue weighted by atomic mass is 19.4. The summed E-state index contributed by atoms with van der Waals surface area (Å²) in [7, 11) is 0. The molecule has 0 saturated heterocycles. The molecule has 0 spiro atoms. The first kappa shape index (κ1) is 14.5. The first-order valence-corrected chi connectivity index (χ1v) is 5.42. The van der Waals surface area contributed by atoms with Gasteiger partial charge in [-0.25, -0.2) is 0 Å². The van der Waals surface area contributed by atoms with Crippen molar-refractivity contribution < 1.29 is 23.1 Å². The molecule has 18 heavy (non-hydrogen) atoms. The third-order valence-electron chi connectivity index (χ3n) is 2.72. The monoisotopic (exact) mass is 261 g/mol. The zero-order chi connectivity index (χ0) is 14.0. The van der Waals surface area contributed by atoms with Crippen molar-refractivity contribution in [1.82, 2.24) is 0 Å². The normalized spacial score (nSPS) is 15.2. The Morgan fingerprint density at radius 2 is 1.89 bits per heavy atom. The number of rotatable bonds is 4. The molecule has 0 aromatic heterocycles. The largest absolute Gasteiger partial charge is 0.421 e. The molecule has 0 heterocycles. The quantitative estimate of drug-likeness (QED) is 0.873. The van der Waals surface area contributed by atoms with Crippen LogP contribution in [-0.2, 0) is 5.60 Å². The summed E-state index contributed by atoms with van der Waals surface area (Å²) in [5.41, 5.74) is 1.18. The molecule has 0 saturated carbocycles. The summed E-state index contributed by atoms with van der Waals surface area (Å²) < 4.78 is 39.1. The standard InChI is InChI=1S/C12H14F3NO2/c1-2-7-11(18,12(13,14)15)9-6-4-3-5-8(9)10(16)17/h3-6,18H,2,7H2,1H3,(H2,16,17). The van der Waals surface area contributed by atoms with Crippen molar-refractivity contribution in [3.8, 4) is 0 Å². The molecule has 3 nitrogen and oxygen atoms in total. The molecule has 0 fully saturated rings. The summed E-state index contributed by atoms with van der Waals surface area (Å²) in [6.07, 6.45) is -5.28. The van der Waals surface area contributed by atoms with Gasteiger partial charge in [0.25, 0.3) is 0 Å². The number of hydrogen-bond acceptors (Lipinski definition) is 2. The molecule has 0 aliphatic carbocycles. The minimum absolute atomic E-state index is 0.114. The van der Waals surface area contributed by atoms with Gasteiger partial charge in [0.1, 0.15) is 0 Å². The molecule has 3 N–H and O–H groups in total. The van der Waals surface area contributed by atoms with Crippen LogP contribution in [0.5, 0.6) is 0 Å². The van der Waals surface area contributed by atoms with E-state index >= 15 is 0 Å². The number of amides is 1. The van der Waals surface area contributed by atoms with Crippen molar-refractivity contribution in [3.05, 3.63) is 35.4 Å². The summed E-state index contributed by atoms with van der Waals surface area (Å²) in [6.45, 7) is 1.52. The van der Waals surface area contributed by atoms with Gasteiger partial charge >= 0.3 is 6.18 Å². The van der Waals surface area contributed by atoms with Crippen LogP contribution in [0.1, 0.15) is 35.7 Å². The average Bonchev–Trinajstić information content (AvgIpc) is 2.27. The lowest BCUT2D eigenvalue weighted by atomic mass is 9.85. The van der Waals surface area contributed by atoms with E-state index in [0.717, 1.165) is 6.07 Å². The van der Waals surface area contributed by atoms with Gasteiger partial charge in [-0.3, -0.25) is 4.79 Å². The third-order valence-corrected chi connectivity index (χ3v) is 2.72. The molecule has 100 valence electrons. The topological polar surface area (TPSA) is 63.3 Å². The van der Waals surface area contributed by atoms with E-state index in [9.17, 15) is 23.1 Å². The Labute approximate surface area is 102 Å². The van der Waals surface area contributed by atoms with Crippen molar-refractivity contribution in [2.75, 3.05) is 0 Å². The van der Waals surface area contributed by atoms with Crippen LogP contribution >= 0.6 is 0 Å². The van der Waals surface area contributed by atoms with Crippen LogP contribution < -0.4 is 5.73 Å². The highest BCUT2D eigenvalue weighted by molar-refractivity contribution is 5.94. The molecule has 1 aromatic carbocycles. The molecule has 1 unspecified atom stereocenters. The minimum Gasteiger partial charge on any atom is -0.376 e. The summed E-state index contributed by atoms with van der Waals surface area (Å²) in [4.78, 5) is 11.1. The van der Waals surface area contributed by atoms with E-state index in [4.69, 9.17) is 5.73 Å². The molecule has 1 amide bonds. The maximum Gasteiger partial charge on any atom is 0.421 e. The lowest BCUT2D eigenvalue weighted by molar-refractivity contribution is -0.269. The van der Waals surface area contributed by atoms with Gasteiger partial charge in [-0.2, -0.15) is 13.2 Å². The van der Waals surface area contributed by atoms with E-state index in [1.165, 1.54) is 25.1 Å². The van der Waals surface area contributed by atoms with Crippen LogP contribution in [0.4, 0.5) is 13.2 Å². The summed E-state index contributed by atoms with van der Waals surface area (Å²) >= 11 is 0. The van der Waals surface area contributed by atoms with Crippen LogP contribution in [-0.4, -0.2) is 17.2 Å². The Morgan fingerprint density at radius 1 is 1.33 bits per heavy atom. The van der Waals surface area contributed by atoms with Crippen molar-refractivity contribution in [2.45, 2.75) is 31.5 Å². The van der Waals surface area contributed by atoms with Crippen LogP contribution in [0.25, 0.3) is 0 Å². The predicted molar refractivity (Wildman–Crippen MR) is 59.8 cm³/mol. The van der Waals surface area contributed by atoms with Crippen LogP contribution in [0.2, 0.25) is 0 Å². The zero-order valence-corrected chi connectivity index (χ0v) is 9.79. The van der Waals surface area contributed by atoms with Gasteiger partial charge in [0, 0.05) is 11.1 Å². The lowest BCUT2D eigenvalue weighted by Gasteiger charge is -2.31. The highest BCUT2D eigenvalue weighted by Gasteiger charge is 2.55. The zero-order valence-electron chi connectivity index (χ0n) is 9.79. The van der Waals surface area contributed by atoms with Crippen molar-refractivity contribution in [1.29, 1.82) is 0 Å². The molecular formula is C12H14F3NO2. The minimum atomic E-state index is -4.87. The summed E-state index contributed by atoms with van der Waals surface area (Å²) in [6, 6.07) is 4.97. The van der Waals surface area contributed by atoms with Gasteiger partial charge in [0.05, 0.1) is 0 Å². The SMILES string of the molecule is CCCC(O)(c1ccccc1C(N)=O)C(F)(F)F. The maximum atomic E-state index is 13.0. The van der Waals surface area contributed by atoms with E-state index in [1.54, 1.807) is 0 Å². The average molecular weight is 261 g/mol. The van der Waals surface area contributed by atoms with Crippen molar-refractivity contribution in [3.63, 3.8) is 0 Å². The molecule has 0 bridgehead atoms. The summed E-state index contributed by atoms with van der Waals surface area (Å²) in [5, 5.41) is 9.92. The number of primary amides is 1. The first-order valence-electron chi connectivity index (χ1n) is 5.42. The number of carbonyl (C=O) groups is 1. The predicted octanol–water partition coefficient (Wildman–Crippen LogP) is 2.34. The van der Waals surface area contributed by atoms with E-state index in [1.807, 2.05) is 0 Å². The first-order chi connectivity index (χ1) is 8.24. The molecular weight excluding hydrogens is 247 g/mol. The Kier molecular flexibility index (Phi) is 4.01. The fraction of sp³-hybridized carbons (Fsp3) is 0.417. The van der Waals surface area contributed by atoms with Gasteiger partial charge in [-0.05, 0) is 12.5 Å². The third kappa shape index (κ3) is 2.48. The van der Waals surface area contributed by atoms with Crippen LogP contribution in [0, 0.1) is 0 Å². The Bertz CT molecular complexity index is 445. The van der Waals surface area contributed by atoms with Gasteiger partial charge in [-0.15, -0.1) is 0 Å². The van der Waals surface area contributed by atoms with Crippen LogP contribution in [0.15, 0.2) is 24.3 Å². The molecule has 0 aliphatic heterocycles. The van der Waals surface area contributed by atoms with Gasteiger partial charge in [-0.1, -0.05) is 31.5 Å². The van der Waals surface area contributed by atoms with E-state index < -0.39 is 29.7 Å². The number of nitrogens with two attached hydrogens (primary N) is 1. The Balaban J connectivity index is 3.44. The van der Waals surface area contributed by atoms with E-state index in [-0.39, 0.29) is 12.0 Å². The smallest absolute Gasteiger partial charge is 0.376 e. The van der Waals surface area contributed by atoms with Crippen molar-refractivity contribution >= 4 is 5.91 Å². The van der Waals surface area contributed by atoms with Crippen molar-refractivity contribution in [2.24, 2.45) is 5.73 Å². The number of alkyl halides is 3. The lowest BCUT2D eigenvalue weighted by Crippen LogP contribution is -2.43. The second-order valence-electron chi connectivity index (χ2n) is 4.02. The van der Waals surface area contributed by atoms with E-state index in [2.05, 4.69) is 0 Å². The second kappa shape index (κ2) is 4.97. The van der Waals surface area contributed by atoms with Crippen LogP contribution in [0.3, 0.4) is 0 Å². The molecule has 1 atom stereocenters. The number of hydrogen-bond donors (Lipinski definition) is 2. The van der Waals surface area contributed by atoms with Gasteiger partial charge < -0.3 is 10.8 Å². The molecule has 1 rings (SSSR count). The molecule has 0 aliphatic rings. The van der Waals surface area contributed by atoms with Gasteiger partial charge in [0.2, 0.25) is 5.91 Å².